The van der Waals surface area contributed by atoms with Gasteiger partial charge >= 0.3 is 0 Å². The number of allylic oxidation sites excluding steroid dienone is 1. The van der Waals surface area contributed by atoms with Gasteiger partial charge in [-0.2, -0.15) is 0 Å². The monoisotopic (exact) mass is 185 g/mol. The first-order valence-corrected chi connectivity index (χ1v) is 5.10. The van der Waals surface area contributed by atoms with Crippen LogP contribution in [0.2, 0.25) is 0 Å². The molecular weight excluding hydrogens is 162 g/mol. The minimum atomic E-state index is 0.329. The van der Waals surface area contributed by atoms with E-state index in [-0.39, 0.29) is 0 Å². The zero-order valence-electron chi connectivity index (χ0n) is 9.18. The summed E-state index contributed by atoms with van der Waals surface area (Å²) in [6, 6.07) is 0.488. The van der Waals surface area contributed by atoms with Gasteiger partial charge in [-0.25, -0.2) is 0 Å². The molecule has 0 aliphatic rings. The van der Waals surface area contributed by atoms with Crippen molar-refractivity contribution in [1.82, 2.24) is 5.32 Å². The summed E-state index contributed by atoms with van der Waals surface area (Å²) in [7, 11) is 1.99. The van der Waals surface area contributed by atoms with Crippen LogP contribution in [-0.2, 0) is 4.74 Å². The molecule has 0 aliphatic carbocycles. The van der Waals surface area contributed by atoms with Crippen LogP contribution in [-0.4, -0.2) is 25.8 Å². The molecule has 2 nitrogen and oxygen atoms in total. The fourth-order valence-corrected chi connectivity index (χ4v) is 1.13. The van der Waals surface area contributed by atoms with Gasteiger partial charge in [0.1, 0.15) is 0 Å². The van der Waals surface area contributed by atoms with Gasteiger partial charge in [-0.05, 0) is 40.2 Å². The highest BCUT2D eigenvalue weighted by molar-refractivity contribution is 4.70. The van der Waals surface area contributed by atoms with Crippen LogP contribution in [0, 0.1) is 0 Å². The van der Waals surface area contributed by atoms with E-state index in [0.29, 0.717) is 12.1 Å². The molecule has 0 amide bonds. The Balaban J connectivity index is 3.44. The zero-order valence-corrected chi connectivity index (χ0v) is 9.18. The van der Waals surface area contributed by atoms with Gasteiger partial charge in [0.05, 0.1) is 12.7 Å². The second kappa shape index (κ2) is 8.27. The predicted octanol–water partition coefficient (Wildman–Crippen LogP) is 2.36. The molecule has 78 valence electrons. The van der Waals surface area contributed by atoms with Crippen molar-refractivity contribution >= 4 is 0 Å². The van der Waals surface area contributed by atoms with E-state index in [9.17, 15) is 0 Å². The quantitative estimate of drug-likeness (QED) is 0.463. The topological polar surface area (TPSA) is 21.3 Å². The van der Waals surface area contributed by atoms with Crippen molar-refractivity contribution in [3.05, 3.63) is 12.7 Å². The number of likely N-dealkylation sites (N-methyl/N-ethyl adjacent to an activating group) is 1. The molecule has 0 rings (SSSR count). The van der Waals surface area contributed by atoms with Gasteiger partial charge in [-0.3, -0.25) is 0 Å². The fourth-order valence-electron chi connectivity index (χ4n) is 1.13. The van der Waals surface area contributed by atoms with Gasteiger partial charge in [-0.1, -0.05) is 6.08 Å². The highest BCUT2D eigenvalue weighted by Crippen LogP contribution is 2.02. The first kappa shape index (κ1) is 12.7. The van der Waals surface area contributed by atoms with Crippen molar-refractivity contribution < 1.29 is 4.74 Å². The number of rotatable bonds is 8. The van der Waals surface area contributed by atoms with Gasteiger partial charge in [0.15, 0.2) is 0 Å². The Morgan fingerprint density at radius 3 is 2.62 bits per heavy atom. The summed E-state index contributed by atoms with van der Waals surface area (Å²) in [4.78, 5) is 0. The van der Waals surface area contributed by atoms with Crippen LogP contribution in [0.25, 0.3) is 0 Å². The van der Waals surface area contributed by atoms with Crippen LogP contribution in [0.4, 0.5) is 0 Å². The lowest BCUT2D eigenvalue weighted by molar-refractivity contribution is 0.0607. The molecule has 1 atom stereocenters. The van der Waals surface area contributed by atoms with Gasteiger partial charge < -0.3 is 10.1 Å². The maximum Gasteiger partial charge on any atom is 0.0622 e. The minimum absolute atomic E-state index is 0.329. The minimum Gasteiger partial charge on any atom is -0.377 e. The first-order chi connectivity index (χ1) is 6.20. The van der Waals surface area contributed by atoms with Gasteiger partial charge in [0.25, 0.3) is 0 Å². The van der Waals surface area contributed by atoms with E-state index in [1.165, 1.54) is 6.42 Å². The maximum absolute atomic E-state index is 5.54. The molecule has 1 N–H and O–H groups in total. The predicted molar refractivity (Wildman–Crippen MR) is 58.0 cm³/mol. The molecule has 0 spiro atoms. The fraction of sp³-hybridized carbons (Fsp3) is 0.818. The first-order valence-electron chi connectivity index (χ1n) is 5.10. The van der Waals surface area contributed by atoms with Gasteiger partial charge in [-0.15, -0.1) is 6.58 Å². The highest BCUT2D eigenvalue weighted by Gasteiger charge is 2.05. The van der Waals surface area contributed by atoms with Crippen LogP contribution in [0.3, 0.4) is 0 Å². The lowest BCUT2D eigenvalue weighted by Crippen LogP contribution is -2.31. The van der Waals surface area contributed by atoms with Gasteiger partial charge in [0.2, 0.25) is 0 Å². The number of hydrogen-bond donors (Lipinski definition) is 1. The van der Waals surface area contributed by atoms with Crippen molar-refractivity contribution in [2.24, 2.45) is 0 Å². The Morgan fingerprint density at radius 1 is 1.46 bits per heavy atom. The van der Waals surface area contributed by atoms with Crippen molar-refractivity contribution in [3.8, 4) is 0 Å². The van der Waals surface area contributed by atoms with Crippen LogP contribution in [0.5, 0.6) is 0 Å². The van der Waals surface area contributed by atoms with E-state index in [4.69, 9.17) is 4.74 Å². The highest BCUT2D eigenvalue weighted by atomic mass is 16.5. The molecule has 0 fully saturated rings. The molecule has 2 heteroatoms. The van der Waals surface area contributed by atoms with E-state index < -0.39 is 0 Å². The Kier molecular flexibility index (Phi) is 8.05. The number of unbranched alkanes of at least 4 members (excludes halogenated alkanes) is 1. The third kappa shape index (κ3) is 8.00. The Labute approximate surface area is 82.4 Å². The summed E-state index contributed by atoms with van der Waals surface area (Å²) >= 11 is 0. The third-order valence-corrected chi connectivity index (χ3v) is 2.00. The summed E-state index contributed by atoms with van der Waals surface area (Å²) in [5, 5.41) is 3.26. The number of nitrogens with one attached hydrogen (secondary N) is 1. The van der Waals surface area contributed by atoms with E-state index >= 15 is 0 Å². The smallest absolute Gasteiger partial charge is 0.0622 e. The molecule has 1 unspecified atom stereocenters. The average molecular weight is 185 g/mol. The normalized spacial score (nSPS) is 13.2. The average Bonchev–Trinajstić information content (AvgIpc) is 2.10. The summed E-state index contributed by atoms with van der Waals surface area (Å²) < 4.78 is 5.54. The second-order valence-electron chi connectivity index (χ2n) is 3.59. The van der Waals surface area contributed by atoms with Gasteiger partial charge in [0, 0.05) is 6.04 Å². The molecule has 0 aromatic carbocycles. The van der Waals surface area contributed by atoms with Crippen molar-refractivity contribution in [1.29, 1.82) is 0 Å². The van der Waals surface area contributed by atoms with Crippen LogP contribution in [0.1, 0.15) is 33.1 Å². The SMILES string of the molecule is C=CCCCC(COC(C)C)NC. The Hall–Kier alpha value is -0.340. The number of hydrogen-bond acceptors (Lipinski definition) is 2. The van der Waals surface area contributed by atoms with E-state index in [2.05, 4.69) is 25.7 Å². The van der Waals surface area contributed by atoms with E-state index in [1.54, 1.807) is 0 Å². The van der Waals surface area contributed by atoms with E-state index in [0.717, 1.165) is 19.4 Å². The molecule has 0 saturated carbocycles. The van der Waals surface area contributed by atoms with Crippen LogP contribution >= 0.6 is 0 Å². The molecule has 0 aromatic rings. The molecule has 0 saturated heterocycles. The Morgan fingerprint density at radius 2 is 2.15 bits per heavy atom. The maximum atomic E-state index is 5.54. The molecule has 13 heavy (non-hydrogen) atoms. The summed E-state index contributed by atoms with van der Waals surface area (Å²) in [5.74, 6) is 0. The van der Waals surface area contributed by atoms with E-state index in [1.807, 2.05) is 13.1 Å². The van der Waals surface area contributed by atoms with Crippen molar-refractivity contribution in [2.45, 2.75) is 45.3 Å². The van der Waals surface area contributed by atoms with Crippen molar-refractivity contribution in [2.75, 3.05) is 13.7 Å². The molecule has 0 heterocycles. The summed E-state index contributed by atoms with van der Waals surface area (Å²) in [6.07, 6.45) is 5.75. The summed E-state index contributed by atoms with van der Waals surface area (Å²) in [5.41, 5.74) is 0. The lowest BCUT2D eigenvalue weighted by atomic mass is 10.1. The van der Waals surface area contributed by atoms with Crippen LogP contribution < -0.4 is 5.32 Å². The largest absolute Gasteiger partial charge is 0.377 e. The third-order valence-electron chi connectivity index (χ3n) is 2.00. The Bertz CT molecular complexity index is 123. The molecule has 0 aromatic heterocycles. The van der Waals surface area contributed by atoms with Crippen LogP contribution in [0.15, 0.2) is 12.7 Å². The second-order valence-corrected chi connectivity index (χ2v) is 3.59. The molecule has 0 aliphatic heterocycles. The lowest BCUT2D eigenvalue weighted by Gasteiger charge is -2.17. The molecular formula is C11H23NO. The standard InChI is InChI=1S/C11H23NO/c1-5-6-7-8-11(12-4)9-13-10(2)3/h5,10-12H,1,6-9H2,2-4H3. The van der Waals surface area contributed by atoms with Crippen molar-refractivity contribution in [3.63, 3.8) is 0 Å². The number of ether oxygens (including phenoxy) is 1. The zero-order chi connectivity index (χ0) is 10.1. The molecule has 0 bridgehead atoms. The molecule has 0 radical (unpaired) electrons. The summed E-state index contributed by atoms with van der Waals surface area (Å²) in [6.45, 7) is 8.65.